The Morgan fingerprint density at radius 3 is 1.82 bits per heavy atom. The standard InChI is InChI=1S/C16H35NO4S/c1-3-5-6-7-8-9-10-11-12-13-14-16(17)15-21-22(18,19)20-4-2/h16H,3-15,17H2,1-2H3. The number of rotatable bonds is 16. The van der Waals surface area contributed by atoms with Gasteiger partial charge in [0.2, 0.25) is 0 Å². The van der Waals surface area contributed by atoms with E-state index in [1.807, 2.05) is 0 Å². The molecule has 2 N–H and O–H groups in total. The summed E-state index contributed by atoms with van der Waals surface area (Å²) in [6, 6.07) is -0.246. The fraction of sp³-hybridized carbons (Fsp3) is 1.00. The van der Waals surface area contributed by atoms with E-state index in [0.717, 1.165) is 19.3 Å². The molecular weight excluding hydrogens is 302 g/mol. The molecule has 5 nitrogen and oxygen atoms in total. The zero-order valence-corrected chi connectivity index (χ0v) is 15.2. The first kappa shape index (κ1) is 21.8. The Bertz CT molecular complexity index is 333. The molecule has 0 bridgehead atoms. The summed E-state index contributed by atoms with van der Waals surface area (Å²) in [7, 11) is -3.86. The van der Waals surface area contributed by atoms with Gasteiger partial charge in [0.25, 0.3) is 0 Å². The Balaban J connectivity index is 3.37. The van der Waals surface area contributed by atoms with Gasteiger partial charge in [-0.05, 0) is 13.3 Å². The summed E-state index contributed by atoms with van der Waals surface area (Å²) in [6.07, 6.45) is 13.6. The second-order valence-electron chi connectivity index (χ2n) is 5.83. The van der Waals surface area contributed by atoms with Gasteiger partial charge in [-0.25, -0.2) is 8.37 Å². The molecule has 0 fully saturated rings. The molecule has 134 valence electrons. The highest BCUT2D eigenvalue weighted by Crippen LogP contribution is 2.12. The van der Waals surface area contributed by atoms with Gasteiger partial charge < -0.3 is 5.73 Å². The first-order valence-electron chi connectivity index (χ1n) is 8.81. The Kier molecular flexibility index (Phi) is 14.3. The zero-order chi connectivity index (χ0) is 16.7. The summed E-state index contributed by atoms with van der Waals surface area (Å²) in [5, 5.41) is 0. The van der Waals surface area contributed by atoms with Crippen LogP contribution >= 0.6 is 0 Å². The fourth-order valence-electron chi connectivity index (χ4n) is 2.33. The highest BCUT2D eigenvalue weighted by molar-refractivity contribution is 7.81. The highest BCUT2D eigenvalue weighted by atomic mass is 32.3. The van der Waals surface area contributed by atoms with Crippen LogP contribution in [0.1, 0.15) is 84.5 Å². The third kappa shape index (κ3) is 14.8. The second-order valence-corrected chi connectivity index (χ2v) is 7.12. The van der Waals surface area contributed by atoms with Crippen molar-refractivity contribution in [2.75, 3.05) is 13.2 Å². The minimum atomic E-state index is -3.86. The SMILES string of the molecule is CCCCCCCCCCCCC(N)COS(=O)(=O)OCC. The molecule has 0 aromatic rings. The molecule has 0 aliphatic rings. The zero-order valence-electron chi connectivity index (χ0n) is 14.4. The van der Waals surface area contributed by atoms with E-state index in [9.17, 15) is 8.42 Å². The molecule has 0 radical (unpaired) electrons. The summed E-state index contributed by atoms with van der Waals surface area (Å²) in [4.78, 5) is 0. The molecule has 22 heavy (non-hydrogen) atoms. The molecule has 0 aliphatic heterocycles. The first-order valence-corrected chi connectivity index (χ1v) is 10.1. The van der Waals surface area contributed by atoms with Crippen molar-refractivity contribution in [2.45, 2.75) is 90.5 Å². The largest absolute Gasteiger partial charge is 0.399 e. The van der Waals surface area contributed by atoms with Crippen molar-refractivity contribution in [1.82, 2.24) is 0 Å². The molecule has 0 amide bonds. The van der Waals surface area contributed by atoms with Crippen LogP contribution in [0, 0.1) is 0 Å². The number of hydrogen-bond donors (Lipinski definition) is 1. The van der Waals surface area contributed by atoms with E-state index < -0.39 is 10.4 Å². The molecule has 6 heteroatoms. The lowest BCUT2D eigenvalue weighted by molar-refractivity contribution is 0.208. The van der Waals surface area contributed by atoms with Gasteiger partial charge in [-0.1, -0.05) is 71.1 Å². The summed E-state index contributed by atoms with van der Waals surface area (Å²) in [6.45, 7) is 3.92. The number of hydrogen-bond acceptors (Lipinski definition) is 5. The van der Waals surface area contributed by atoms with Gasteiger partial charge in [-0.15, -0.1) is 0 Å². The molecule has 0 aromatic heterocycles. The normalized spacial score (nSPS) is 13.4. The Hall–Kier alpha value is -0.170. The van der Waals surface area contributed by atoms with Crippen LogP contribution in [-0.2, 0) is 18.8 Å². The Morgan fingerprint density at radius 1 is 0.818 bits per heavy atom. The fourth-order valence-corrected chi connectivity index (χ4v) is 3.02. The van der Waals surface area contributed by atoms with Gasteiger partial charge in [0, 0.05) is 6.04 Å². The van der Waals surface area contributed by atoms with Gasteiger partial charge in [-0.3, -0.25) is 0 Å². The minimum absolute atomic E-state index is 0.000236. The third-order valence-electron chi connectivity index (χ3n) is 3.62. The maximum Gasteiger partial charge on any atom is 0.399 e. The predicted octanol–water partition coefficient (Wildman–Crippen LogP) is 3.92. The van der Waals surface area contributed by atoms with Crippen LogP contribution in [-0.4, -0.2) is 27.7 Å². The molecule has 0 saturated heterocycles. The summed E-state index contributed by atoms with van der Waals surface area (Å²) in [5.41, 5.74) is 5.84. The van der Waals surface area contributed by atoms with Crippen LogP contribution in [0.25, 0.3) is 0 Å². The lowest BCUT2D eigenvalue weighted by atomic mass is 10.0. The van der Waals surface area contributed by atoms with E-state index in [1.165, 1.54) is 51.4 Å². The van der Waals surface area contributed by atoms with Crippen LogP contribution in [0.4, 0.5) is 0 Å². The average Bonchev–Trinajstić information content (AvgIpc) is 2.47. The van der Waals surface area contributed by atoms with E-state index in [2.05, 4.69) is 11.1 Å². The molecule has 0 saturated carbocycles. The maximum absolute atomic E-state index is 11.2. The molecule has 0 spiro atoms. The molecule has 0 rings (SSSR count). The lowest BCUT2D eigenvalue weighted by Gasteiger charge is -2.11. The van der Waals surface area contributed by atoms with Crippen LogP contribution in [0.5, 0.6) is 0 Å². The van der Waals surface area contributed by atoms with E-state index >= 15 is 0 Å². The molecule has 1 atom stereocenters. The van der Waals surface area contributed by atoms with Gasteiger partial charge in [0.1, 0.15) is 0 Å². The van der Waals surface area contributed by atoms with Gasteiger partial charge in [0.05, 0.1) is 13.2 Å². The Morgan fingerprint density at radius 2 is 1.32 bits per heavy atom. The molecule has 0 aromatic carbocycles. The van der Waals surface area contributed by atoms with Crippen molar-refractivity contribution in [2.24, 2.45) is 5.73 Å². The van der Waals surface area contributed by atoms with E-state index in [0.29, 0.717) is 0 Å². The van der Waals surface area contributed by atoms with E-state index in [1.54, 1.807) is 6.92 Å². The quantitative estimate of drug-likeness (QED) is 0.432. The summed E-state index contributed by atoms with van der Waals surface area (Å²) in [5.74, 6) is 0. The summed E-state index contributed by atoms with van der Waals surface area (Å²) >= 11 is 0. The first-order chi connectivity index (χ1) is 10.5. The summed E-state index contributed by atoms with van der Waals surface area (Å²) < 4.78 is 31.5. The predicted molar refractivity (Wildman–Crippen MR) is 90.9 cm³/mol. The molecule has 0 aliphatic carbocycles. The second kappa shape index (κ2) is 14.4. The van der Waals surface area contributed by atoms with Gasteiger partial charge in [-0.2, -0.15) is 8.42 Å². The topological polar surface area (TPSA) is 78.6 Å². The van der Waals surface area contributed by atoms with Crippen LogP contribution in [0.15, 0.2) is 0 Å². The van der Waals surface area contributed by atoms with E-state index in [4.69, 9.17) is 9.92 Å². The molecular formula is C16H35NO4S. The van der Waals surface area contributed by atoms with Crippen molar-refractivity contribution in [1.29, 1.82) is 0 Å². The maximum atomic E-state index is 11.2. The van der Waals surface area contributed by atoms with Gasteiger partial charge >= 0.3 is 10.4 Å². The Labute approximate surface area is 137 Å². The van der Waals surface area contributed by atoms with Crippen LogP contribution in [0.2, 0.25) is 0 Å². The third-order valence-corrected chi connectivity index (χ3v) is 4.57. The van der Waals surface area contributed by atoms with Crippen molar-refractivity contribution >= 4 is 10.4 Å². The lowest BCUT2D eigenvalue weighted by Crippen LogP contribution is -2.28. The van der Waals surface area contributed by atoms with Gasteiger partial charge in [0.15, 0.2) is 0 Å². The van der Waals surface area contributed by atoms with Crippen LogP contribution < -0.4 is 5.73 Å². The minimum Gasteiger partial charge on any atom is -0.326 e. The van der Waals surface area contributed by atoms with Crippen molar-refractivity contribution in [3.8, 4) is 0 Å². The van der Waals surface area contributed by atoms with Crippen molar-refractivity contribution < 1.29 is 16.8 Å². The number of nitrogens with two attached hydrogens (primary N) is 1. The smallest absolute Gasteiger partial charge is 0.326 e. The van der Waals surface area contributed by atoms with E-state index in [-0.39, 0.29) is 19.3 Å². The molecule has 1 unspecified atom stereocenters. The van der Waals surface area contributed by atoms with Crippen molar-refractivity contribution in [3.05, 3.63) is 0 Å². The van der Waals surface area contributed by atoms with Crippen molar-refractivity contribution in [3.63, 3.8) is 0 Å². The molecule has 0 heterocycles. The monoisotopic (exact) mass is 337 g/mol. The average molecular weight is 338 g/mol. The van der Waals surface area contributed by atoms with Crippen LogP contribution in [0.3, 0.4) is 0 Å². The highest BCUT2D eigenvalue weighted by Gasteiger charge is 2.13. The number of unbranched alkanes of at least 4 members (excludes halogenated alkanes) is 9.